The summed E-state index contributed by atoms with van der Waals surface area (Å²) in [4.78, 5) is 29.0. The highest BCUT2D eigenvalue weighted by molar-refractivity contribution is 9.10. The molecule has 0 aliphatic carbocycles. The first-order valence-electron chi connectivity index (χ1n) is 8.25. The summed E-state index contributed by atoms with van der Waals surface area (Å²) in [6.07, 6.45) is 0. The van der Waals surface area contributed by atoms with Gasteiger partial charge in [0.15, 0.2) is 10.7 Å². The van der Waals surface area contributed by atoms with Crippen molar-refractivity contribution in [3.63, 3.8) is 0 Å². The summed E-state index contributed by atoms with van der Waals surface area (Å²) >= 11 is 5.04. The van der Waals surface area contributed by atoms with Gasteiger partial charge in [-0.05, 0) is 17.2 Å². The Hall–Kier alpha value is -2.58. The first kappa shape index (κ1) is 17.8. The Bertz CT molecular complexity index is 1210. The standard InChI is InChI=1S/C19H15BrN4O2S/c20-14-9-5-4-8-13(14)11-27-19-21-15-16(18(26)23-22-17(15)25)24(19)10-12-6-2-1-3-7-12/h1-9H,10-11H2,(H,22,25)(H,23,26). The van der Waals surface area contributed by atoms with E-state index in [9.17, 15) is 9.59 Å². The zero-order chi connectivity index (χ0) is 18.8. The summed E-state index contributed by atoms with van der Waals surface area (Å²) in [5, 5.41) is 5.37. The molecule has 8 heteroatoms. The van der Waals surface area contributed by atoms with E-state index in [1.807, 2.05) is 54.6 Å². The first-order chi connectivity index (χ1) is 13.1. The smallest absolute Gasteiger partial charge is 0.290 e. The van der Waals surface area contributed by atoms with Gasteiger partial charge in [0.1, 0.15) is 5.52 Å². The van der Waals surface area contributed by atoms with Gasteiger partial charge in [0.25, 0.3) is 11.1 Å². The van der Waals surface area contributed by atoms with E-state index in [1.165, 1.54) is 11.8 Å². The van der Waals surface area contributed by atoms with Gasteiger partial charge in [-0.2, -0.15) is 0 Å². The van der Waals surface area contributed by atoms with Crippen LogP contribution in [0.3, 0.4) is 0 Å². The fraction of sp³-hybridized carbons (Fsp3) is 0.105. The van der Waals surface area contributed by atoms with Crippen molar-refractivity contribution in [1.29, 1.82) is 0 Å². The lowest BCUT2D eigenvalue weighted by molar-refractivity contribution is 0.727. The Kier molecular flexibility index (Phi) is 5.00. The summed E-state index contributed by atoms with van der Waals surface area (Å²) in [6, 6.07) is 17.7. The minimum atomic E-state index is -0.404. The molecular formula is C19H15BrN4O2S. The highest BCUT2D eigenvalue weighted by Crippen LogP contribution is 2.28. The predicted molar refractivity (Wildman–Crippen MR) is 110 cm³/mol. The Balaban J connectivity index is 1.79. The van der Waals surface area contributed by atoms with Crippen molar-refractivity contribution >= 4 is 38.7 Å². The quantitative estimate of drug-likeness (QED) is 0.463. The molecule has 0 unspecified atom stereocenters. The van der Waals surface area contributed by atoms with Gasteiger partial charge < -0.3 is 4.57 Å². The zero-order valence-electron chi connectivity index (χ0n) is 14.1. The fourth-order valence-corrected chi connectivity index (χ4v) is 4.45. The molecule has 136 valence electrons. The van der Waals surface area contributed by atoms with Gasteiger partial charge in [-0.15, -0.1) is 0 Å². The zero-order valence-corrected chi connectivity index (χ0v) is 16.5. The summed E-state index contributed by atoms with van der Waals surface area (Å²) in [7, 11) is 0. The van der Waals surface area contributed by atoms with Crippen LogP contribution in [-0.2, 0) is 12.3 Å². The number of thioether (sulfide) groups is 1. The monoisotopic (exact) mass is 442 g/mol. The van der Waals surface area contributed by atoms with Gasteiger partial charge in [-0.25, -0.2) is 4.98 Å². The van der Waals surface area contributed by atoms with Crippen LogP contribution >= 0.6 is 27.7 Å². The van der Waals surface area contributed by atoms with Gasteiger partial charge >= 0.3 is 0 Å². The van der Waals surface area contributed by atoms with Gasteiger partial charge in [-0.3, -0.25) is 19.8 Å². The minimum Gasteiger partial charge on any atom is -0.310 e. The molecule has 27 heavy (non-hydrogen) atoms. The highest BCUT2D eigenvalue weighted by Gasteiger charge is 2.17. The van der Waals surface area contributed by atoms with E-state index in [1.54, 1.807) is 4.57 Å². The summed E-state index contributed by atoms with van der Waals surface area (Å²) < 4.78 is 2.82. The van der Waals surface area contributed by atoms with Gasteiger partial charge in [0.2, 0.25) is 0 Å². The molecule has 0 radical (unpaired) electrons. The normalized spacial score (nSPS) is 11.1. The van der Waals surface area contributed by atoms with E-state index in [4.69, 9.17) is 0 Å². The second kappa shape index (κ2) is 7.58. The molecule has 0 amide bonds. The van der Waals surface area contributed by atoms with Gasteiger partial charge in [-0.1, -0.05) is 76.2 Å². The number of aromatic nitrogens is 4. The Morgan fingerprint density at radius 3 is 2.44 bits per heavy atom. The van der Waals surface area contributed by atoms with Crippen LogP contribution in [0.5, 0.6) is 0 Å². The summed E-state index contributed by atoms with van der Waals surface area (Å²) in [5.41, 5.74) is 1.82. The van der Waals surface area contributed by atoms with Crippen LogP contribution < -0.4 is 11.1 Å². The van der Waals surface area contributed by atoms with Crippen molar-refractivity contribution in [2.75, 3.05) is 0 Å². The highest BCUT2D eigenvalue weighted by atomic mass is 79.9. The number of nitrogens with zero attached hydrogens (tertiary/aromatic N) is 2. The number of H-pyrrole nitrogens is 2. The van der Waals surface area contributed by atoms with Crippen LogP contribution in [0, 0.1) is 0 Å². The fourth-order valence-electron chi connectivity index (χ4n) is 2.83. The van der Waals surface area contributed by atoms with Crippen LogP contribution in [-0.4, -0.2) is 19.7 Å². The predicted octanol–water partition coefficient (Wildman–Crippen LogP) is 3.52. The number of fused-ring (bicyclic) bond motifs is 1. The molecule has 0 bridgehead atoms. The lowest BCUT2D eigenvalue weighted by Gasteiger charge is -2.09. The molecule has 0 spiro atoms. The molecule has 2 aromatic carbocycles. The molecular weight excluding hydrogens is 428 g/mol. The molecule has 6 nitrogen and oxygen atoms in total. The Morgan fingerprint density at radius 1 is 0.963 bits per heavy atom. The number of imidazole rings is 1. The Morgan fingerprint density at radius 2 is 1.67 bits per heavy atom. The molecule has 4 aromatic rings. The lowest BCUT2D eigenvalue weighted by atomic mass is 10.2. The minimum absolute atomic E-state index is 0.157. The van der Waals surface area contributed by atoms with Crippen molar-refractivity contribution in [3.8, 4) is 0 Å². The van der Waals surface area contributed by atoms with Crippen molar-refractivity contribution in [2.45, 2.75) is 17.5 Å². The average Bonchev–Trinajstić information content (AvgIpc) is 3.04. The number of hydrogen-bond donors (Lipinski definition) is 2. The van der Waals surface area contributed by atoms with Gasteiger partial charge in [0.05, 0.1) is 6.54 Å². The maximum Gasteiger partial charge on any atom is 0.290 e. The summed E-state index contributed by atoms with van der Waals surface area (Å²) in [6.45, 7) is 0.460. The molecule has 2 heterocycles. The van der Waals surface area contributed by atoms with Crippen LogP contribution in [0.15, 0.2) is 73.8 Å². The van der Waals surface area contributed by atoms with Crippen molar-refractivity contribution in [1.82, 2.24) is 19.7 Å². The molecule has 0 fully saturated rings. The second-order valence-electron chi connectivity index (χ2n) is 5.95. The van der Waals surface area contributed by atoms with Crippen molar-refractivity contribution < 1.29 is 0 Å². The third-order valence-corrected chi connectivity index (χ3v) is 5.95. The van der Waals surface area contributed by atoms with E-state index in [-0.39, 0.29) is 16.6 Å². The number of benzene rings is 2. The Labute approximate surface area is 166 Å². The van der Waals surface area contributed by atoms with E-state index in [0.29, 0.717) is 17.5 Å². The molecule has 0 aliphatic rings. The van der Waals surface area contributed by atoms with E-state index in [2.05, 4.69) is 31.1 Å². The maximum absolute atomic E-state index is 12.4. The third kappa shape index (κ3) is 3.63. The van der Waals surface area contributed by atoms with Crippen molar-refractivity contribution in [3.05, 3.63) is 90.9 Å². The number of nitrogens with one attached hydrogen (secondary N) is 2. The molecule has 0 aliphatic heterocycles. The largest absolute Gasteiger partial charge is 0.310 e. The van der Waals surface area contributed by atoms with E-state index >= 15 is 0 Å². The van der Waals surface area contributed by atoms with Gasteiger partial charge in [0, 0.05) is 10.2 Å². The number of aromatic amines is 2. The lowest BCUT2D eigenvalue weighted by Crippen LogP contribution is -2.20. The molecule has 0 saturated carbocycles. The third-order valence-electron chi connectivity index (χ3n) is 4.15. The molecule has 0 saturated heterocycles. The summed E-state index contributed by atoms with van der Waals surface area (Å²) in [5.74, 6) is 0.662. The molecule has 2 aromatic heterocycles. The second-order valence-corrected chi connectivity index (χ2v) is 7.75. The maximum atomic E-state index is 12.4. The number of hydrogen-bond acceptors (Lipinski definition) is 4. The molecule has 0 atom stereocenters. The molecule has 2 N–H and O–H groups in total. The SMILES string of the molecule is O=c1[nH][nH]c(=O)c2c1nc(SCc1ccccc1Br)n2Cc1ccccc1. The molecule has 4 rings (SSSR count). The van der Waals surface area contributed by atoms with E-state index < -0.39 is 5.56 Å². The topological polar surface area (TPSA) is 83.5 Å². The van der Waals surface area contributed by atoms with Crippen LogP contribution in [0.1, 0.15) is 11.1 Å². The van der Waals surface area contributed by atoms with E-state index in [0.717, 1.165) is 15.6 Å². The average molecular weight is 443 g/mol. The number of halogens is 1. The van der Waals surface area contributed by atoms with Crippen molar-refractivity contribution in [2.24, 2.45) is 0 Å². The van der Waals surface area contributed by atoms with Crippen LogP contribution in [0.4, 0.5) is 0 Å². The van der Waals surface area contributed by atoms with Crippen LogP contribution in [0.2, 0.25) is 0 Å². The van der Waals surface area contributed by atoms with Crippen LogP contribution in [0.25, 0.3) is 11.0 Å². The first-order valence-corrected chi connectivity index (χ1v) is 10.0. The number of rotatable bonds is 5.